The number of fused-ring (bicyclic) bond motifs is 1. The van der Waals surface area contributed by atoms with Crippen LogP contribution in [-0.4, -0.2) is 43.2 Å². The maximum Gasteiger partial charge on any atom is 0.327 e. The van der Waals surface area contributed by atoms with Crippen molar-refractivity contribution < 1.29 is 19.1 Å². The Labute approximate surface area is 228 Å². The molecule has 9 nitrogen and oxygen atoms in total. The third kappa shape index (κ3) is 5.77. The molecule has 0 atom stereocenters. The Hall–Kier alpha value is -4.66. The fourth-order valence-electron chi connectivity index (χ4n) is 4.43. The molecule has 3 aromatic carbocycles. The van der Waals surface area contributed by atoms with Crippen LogP contribution < -0.4 is 25.0 Å². The standard InChI is InChI=1S/C30H33N5O4/c1-17(2)22-11-10-21(12-19(22)4)33-29(36)20-9-8-18(3)24(13-20)34-30(37)35(5)28-23-14-26(38-6)27(39-7)15-25(23)31-16-32-28/h8-17H,1-7H3,(H,33,36)(H,34,37). The number of methoxy groups -OCH3 is 2. The van der Waals surface area contributed by atoms with Crippen LogP contribution in [0.2, 0.25) is 0 Å². The lowest BCUT2D eigenvalue weighted by Crippen LogP contribution is -2.32. The van der Waals surface area contributed by atoms with Gasteiger partial charge in [0.1, 0.15) is 12.1 Å². The molecule has 4 aromatic rings. The van der Waals surface area contributed by atoms with Crippen molar-refractivity contribution in [3.8, 4) is 11.5 Å². The maximum absolute atomic E-state index is 13.3. The molecule has 0 unspecified atom stereocenters. The minimum absolute atomic E-state index is 0.265. The fourth-order valence-corrected chi connectivity index (χ4v) is 4.43. The summed E-state index contributed by atoms with van der Waals surface area (Å²) in [6.07, 6.45) is 1.39. The third-order valence-corrected chi connectivity index (χ3v) is 6.63. The second-order valence-electron chi connectivity index (χ2n) is 9.62. The summed E-state index contributed by atoms with van der Waals surface area (Å²) in [5.74, 6) is 1.56. The first-order chi connectivity index (χ1) is 18.6. The first-order valence-corrected chi connectivity index (χ1v) is 12.6. The van der Waals surface area contributed by atoms with Crippen LogP contribution in [-0.2, 0) is 0 Å². The van der Waals surface area contributed by atoms with Gasteiger partial charge in [-0.3, -0.25) is 9.69 Å². The number of carbonyl (C=O) groups is 2. The van der Waals surface area contributed by atoms with Crippen molar-refractivity contribution in [3.05, 3.63) is 77.1 Å². The molecule has 0 bridgehead atoms. The number of amides is 3. The molecule has 0 saturated heterocycles. The van der Waals surface area contributed by atoms with Crippen molar-refractivity contribution in [3.63, 3.8) is 0 Å². The molecule has 39 heavy (non-hydrogen) atoms. The highest BCUT2D eigenvalue weighted by Crippen LogP contribution is 2.34. The summed E-state index contributed by atoms with van der Waals surface area (Å²) in [5.41, 5.74) is 5.43. The number of aryl methyl sites for hydroxylation is 2. The van der Waals surface area contributed by atoms with E-state index in [1.165, 1.54) is 23.9 Å². The molecule has 1 aromatic heterocycles. The van der Waals surface area contributed by atoms with E-state index in [0.717, 1.165) is 16.8 Å². The topological polar surface area (TPSA) is 106 Å². The summed E-state index contributed by atoms with van der Waals surface area (Å²) in [7, 11) is 4.70. The average Bonchev–Trinajstić information content (AvgIpc) is 2.92. The molecule has 0 aliphatic heterocycles. The van der Waals surface area contributed by atoms with Crippen LogP contribution >= 0.6 is 0 Å². The van der Waals surface area contributed by atoms with E-state index in [2.05, 4.69) is 34.4 Å². The first-order valence-electron chi connectivity index (χ1n) is 12.6. The minimum atomic E-state index is -0.426. The Bertz CT molecular complexity index is 1550. The zero-order valence-electron chi connectivity index (χ0n) is 23.2. The predicted octanol–water partition coefficient (Wildman–Crippen LogP) is 6.31. The van der Waals surface area contributed by atoms with Gasteiger partial charge in [-0.25, -0.2) is 14.8 Å². The van der Waals surface area contributed by atoms with Crippen LogP contribution in [0.4, 0.5) is 22.0 Å². The van der Waals surface area contributed by atoms with E-state index in [4.69, 9.17) is 9.47 Å². The molecule has 0 spiro atoms. The van der Waals surface area contributed by atoms with Gasteiger partial charge in [0, 0.05) is 35.4 Å². The number of hydrogen-bond acceptors (Lipinski definition) is 6. The van der Waals surface area contributed by atoms with Gasteiger partial charge in [-0.05, 0) is 66.8 Å². The van der Waals surface area contributed by atoms with Gasteiger partial charge >= 0.3 is 6.03 Å². The summed E-state index contributed by atoms with van der Waals surface area (Å²) >= 11 is 0. The number of anilines is 3. The van der Waals surface area contributed by atoms with E-state index >= 15 is 0 Å². The quantitative estimate of drug-likeness (QED) is 0.292. The summed E-state index contributed by atoms with van der Waals surface area (Å²) in [5, 5.41) is 6.48. The van der Waals surface area contributed by atoms with Gasteiger partial charge in [0.05, 0.1) is 19.7 Å². The van der Waals surface area contributed by atoms with Crippen LogP contribution in [0, 0.1) is 13.8 Å². The van der Waals surface area contributed by atoms with Crippen molar-refractivity contribution in [1.29, 1.82) is 0 Å². The van der Waals surface area contributed by atoms with Gasteiger partial charge in [-0.2, -0.15) is 0 Å². The zero-order valence-corrected chi connectivity index (χ0v) is 23.2. The predicted molar refractivity (Wildman–Crippen MR) is 154 cm³/mol. The van der Waals surface area contributed by atoms with Gasteiger partial charge in [-0.1, -0.05) is 26.0 Å². The van der Waals surface area contributed by atoms with E-state index in [1.54, 1.807) is 44.5 Å². The number of urea groups is 1. The minimum Gasteiger partial charge on any atom is -0.493 e. The number of nitrogens with zero attached hydrogens (tertiary/aromatic N) is 3. The number of hydrogen-bond donors (Lipinski definition) is 2. The molecule has 4 rings (SSSR count). The number of carbonyl (C=O) groups excluding carboxylic acids is 2. The van der Waals surface area contributed by atoms with E-state index in [9.17, 15) is 9.59 Å². The normalized spacial score (nSPS) is 10.9. The Balaban J connectivity index is 1.56. The lowest BCUT2D eigenvalue weighted by Gasteiger charge is -2.20. The van der Waals surface area contributed by atoms with Crippen LogP contribution in [0.15, 0.2) is 54.9 Å². The molecule has 0 saturated carbocycles. The summed E-state index contributed by atoms with van der Waals surface area (Å²) in [6, 6.07) is 14.1. The molecule has 1 heterocycles. The van der Waals surface area contributed by atoms with E-state index in [0.29, 0.717) is 45.4 Å². The van der Waals surface area contributed by atoms with Crippen LogP contribution in [0.1, 0.15) is 46.8 Å². The van der Waals surface area contributed by atoms with Crippen LogP contribution in [0.5, 0.6) is 11.5 Å². The second-order valence-corrected chi connectivity index (χ2v) is 9.62. The molecule has 2 N–H and O–H groups in total. The average molecular weight is 528 g/mol. The van der Waals surface area contributed by atoms with E-state index in [-0.39, 0.29) is 5.91 Å². The second kappa shape index (κ2) is 11.4. The third-order valence-electron chi connectivity index (χ3n) is 6.63. The fraction of sp³-hybridized carbons (Fsp3) is 0.267. The van der Waals surface area contributed by atoms with Gasteiger partial charge in [-0.15, -0.1) is 0 Å². The number of rotatable bonds is 7. The SMILES string of the molecule is COc1cc2ncnc(N(C)C(=O)Nc3cc(C(=O)Nc4ccc(C(C)C)c(C)c4)ccc3C)c2cc1OC. The molecule has 3 amide bonds. The van der Waals surface area contributed by atoms with Gasteiger partial charge in [0.25, 0.3) is 5.91 Å². The maximum atomic E-state index is 13.3. The van der Waals surface area contributed by atoms with Crippen molar-refractivity contribution in [1.82, 2.24) is 9.97 Å². The van der Waals surface area contributed by atoms with E-state index < -0.39 is 6.03 Å². The first kappa shape index (κ1) is 27.4. The van der Waals surface area contributed by atoms with Crippen LogP contribution in [0.3, 0.4) is 0 Å². The highest BCUT2D eigenvalue weighted by molar-refractivity contribution is 6.08. The molecular weight excluding hydrogens is 494 g/mol. The lowest BCUT2D eigenvalue weighted by atomic mass is 9.97. The van der Waals surface area contributed by atoms with Gasteiger partial charge in [0.2, 0.25) is 0 Å². The number of benzene rings is 3. The van der Waals surface area contributed by atoms with Gasteiger partial charge in [0.15, 0.2) is 11.5 Å². The summed E-state index contributed by atoms with van der Waals surface area (Å²) in [6.45, 7) is 8.18. The highest BCUT2D eigenvalue weighted by atomic mass is 16.5. The van der Waals surface area contributed by atoms with Crippen LogP contribution in [0.25, 0.3) is 10.9 Å². The van der Waals surface area contributed by atoms with Gasteiger partial charge < -0.3 is 20.1 Å². The number of ether oxygens (including phenoxy) is 2. The molecule has 202 valence electrons. The smallest absolute Gasteiger partial charge is 0.327 e. The van der Waals surface area contributed by atoms with Crippen molar-refractivity contribution in [2.75, 3.05) is 36.8 Å². The molecule has 9 heteroatoms. The molecule has 0 fully saturated rings. The molecule has 0 radical (unpaired) electrons. The molecular formula is C30H33N5O4. The Morgan fingerprint density at radius 1 is 0.872 bits per heavy atom. The van der Waals surface area contributed by atoms with Crippen molar-refractivity contribution in [2.45, 2.75) is 33.6 Å². The van der Waals surface area contributed by atoms with Crippen molar-refractivity contribution >= 4 is 40.0 Å². The Morgan fingerprint density at radius 3 is 2.26 bits per heavy atom. The number of aromatic nitrogens is 2. The molecule has 0 aliphatic rings. The lowest BCUT2D eigenvalue weighted by molar-refractivity contribution is 0.102. The Kier molecular flexibility index (Phi) is 7.99. The van der Waals surface area contributed by atoms with E-state index in [1.807, 2.05) is 32.0 Å². The largest absolute Gasteiger partial charge is 0.493 e. The van der Waals surface area contributed by atoms with Crippen molar-refractivity contribution in [2.24, 2.45) is 0 Å². The monoisotopic (exact) mass is 527 g/mol. The molecule has 0 aliphatic carbocycles. The zero-order chi connectivity index (χ0) is 28.3. The highest BCUT2D eigenvalue weighted by Gasteiger charge is 2.19. The Morgan fingerprint density at radius 2 is 1.59 bits per heavy atom. The summed E-state index contributed by atoms with van der Waals surface area (Å²) in [4.78, 5) is 36.3. The number of nitrogens with one attached hydrogen (secondary N) is 2. The summed E-state index contributed by atoms with van der Waals surface area (Å²) < 4.78 is 10.8.